The zero-order valence-electron chi connectivity index (χ0n) is 13.9. The third-order valence-corrected chi connectivity index (χ3v) is 3.06. The topological polar surface area (TPSA) is 73.1 Å². The van der Waals surface area contributed by atoms with Crippen molar-refractivity contribution < 1.29 is 4.74 Å². The van der Waals surface area contributed by atoms with Gasteiger partial charge in [0, 0.05) is 13.0 Å². The van der Waals surface area contributed by atoms with Crippen LogP contribution in [-0.4, -0.2) is 23.1 Å². The van der Waals surface area contributed by atoms with Crippen LogP contribution in [0.25, 0.3) is 0 Å². The van der Waals surface area contributed by atoms with Crippen molar-refractivity contribution in [3.63, 3.8) is 0 Å². The zero-order valence-corrected chi connectivity index (χ0v) is 13.9. The van der Waals surface area contributed by atoms with Gasteiger partial charge in [-0.3, -0.25) is 0 Å². The maximum Gasteiger partial charge on any atom is 0.242 e. The SMILES string of the molecule is CCCCCNc1nc(CCC)nc(OCC(C)C)c1N. The molecule has 0 saturated carbocycles. The van der Waals surface area contributed by atoms with Crippen LogP contribution in [0.15, 0.2) is 0 Å². The van der Waals surface area contributed by atoms with E-state index >= 15 is 0 Å². The highest BCUT2D eigenvalue weighted by molar-refractivity contribution is 5.66. The molecule has 0 spiro atoms. The number of anilines is 2. The molecule has 1 aromatic rings. The number of nitrogens with zero attached hydrogens (tertiary/aromatic N) is 2. The van der Waals surface area contributed by atoms with Gasteiger partial charge in [0.1, 0.15) is 11.5 Å². The average Bonchev–Trinajstić information content (AvgIpc) is 2.45. The normalized spacial score (nSPS) is 10.9. The number of nitrogens with two attached hydrogens (primary N) is 1. The van der Waals surface area contributed by atoms with Crippen LogP contribution in [0, 0.1) is 5.92 Å². The summed E-state index contributed by atoms with van der Waals surface area (Å²) in [6.45, 7) is 10.0. The van der Waals surface area contributed by atoms with E-state index in [0.29, 0.717) is 29.9 Å². The van der Waals surface area contributed by atoms with Gasteiger partial charge < -0.3 is 15.8 Å². The molecule has 0 aliphatic rings. The van der Waals surface area contributed by atoms with Gasteiger partial charge in [0.25, 0.3) is 0 Å². The van der Waals surface area contributed by atoms with Gasteiger partial charge in [0.2, 0.25) is 5.88 Å². The standard InChI is InChI=1S/C16H30N4O/c1-5-7-8-10-18-15-14(17)16(21-11-12(3)4)20-13(19-15)9-6-2/h12H,5-11,17H2,1-4H3,(H,18,19,20). The summed E-state index contributed by atoms with van der Waals surface area (Å²) in [6.07, 6.45) is 5.36. The Hall–Kier alpha value is -1.52. The van der Waals surface area contributed by atoms with E-state index in [1.54, 1.807) is 0 Å². The summed E-state index contributed by atoms with van der Waals surface area (Å²) in [6, 6.07) is 0. The van der Waals surface area contributed by atoms with Crippen LogP contribution < -0.4 is 15.8 Å². The molecule has 1 rings (SSSR count). The smallest absolute Gasteiger partial charge is 0.242 e. The number of nitrogens with one attached hydrogen (secondary N) is 1. The van der Waals surface area contributed by atoms with E-state index in [2.05, 4.69) is 43.0 Å². The highest BCUT2D eigenvalue weighted by atomic mass is 16.5. The van der Waals surface area contributed by atoms with Gasteiger partial charge in [-0.1, -0.05) is 40.5 Å². The van der Waals surface area contributed by atoms with Crippen LogP contribution in [0.5, 0.6) is 5.88 Å². The Bertz CT molecular complexity index is 421. The summed E-state index contributed by atoms with van der Waals surface area (Å²) in [5.74, 6) is 2.46. The van der Waals surface area contributed by atoms with Crippen LogP contribution >= 0.6 is 0 Å². The van der Waals surface area contributed by atoms with Crippen molar-refractivity contribution in [3.8, 4) is 5.88 Å². The molecule has 0 fully saturated rings. The number of aromatic nitrogens is 2. The molecule has 5 heteroatoms. The molecule has 0 saturated heterocycles. The van der Waals surface area contributed by atoms with Crippen LogP contribution in [0.3, 0.4) is 0 Å². The second-order valence-corrected chi connectivity index (χ2v) is 5.80. The molecule has 5 nitrogen and oxygen atoms in total. The van der Waals surface area contributed by atoms with E-state index in [1.165, 1.54) is 12.8 Å². The molecule has 0 amide bonds. The Kier molecular flexibility index (Phi) is 7.87. The minimum Gasteiger partial charge on any atom is -0.476 e. The average molecular weight is 294 g/mol. The summed E-state index contributed by atoms with van der Waals surface area (Å²) in [7, 11) is 0. The summed E-state index contributed by atoms with van der Waals surface area (Å²) >= 11 is 0. The molecule has 0 bridgehead atoms. The zero-order chi connectivity index (χ0) is 15.7. The van der Waals surface area contributed by atoms with Gasteiger partial charge in [0.05, 0.1) is 6.61 Å². The molecule has 120 valence electrons. The number of rotatable bonds is 10. The molecular formula is C16H30N4O. The molecule has 1 heterocycles. The number of nitrogen functional groups attached to an aromatic ring is 1. The maximum atomic E-state index is 6.14. The van der Waals surface area contributed by atoms with E-state index in [1.807, 2.05) is 0 Å². The number of ether oxygens (including phenoxy) is 1. The summed E-state index contributed by atoms with van der Waals surface area (Å²) in [5.41, 5.74) is 6.66. The third kappa shape index (κ3) is 6.19. The number of hydrogen-bond donors (Lipinski definition) is 2. The lowest BCUT2D eigenvalue weighted by Gasteiger charge is -2.15. The molecule has 0 aromatic carbocycles. The minimum absolute atomic E-state index is 0.440. The first-order chi connectivity index (χ1) is 10.1. The summed E-state index contributed by atoms with van der Waals surface area (Å²) < 4.78 is 5.74. The van der Waals surface area contributed by atoms with Crippen molar-refractivity contribution in [2.75, 3.05) is 24.2 Å². The Labute approximate surface area is 128 Å². The van der Waals surface area contributed by atoms with Crippen molar-refractivity contribution in [1.82, 2.24) is 9.97 Å². The molecule has 21 heavy (non-hydrogen) atoms. The molecule has 0 aliphatic heterocycles. The summed E-state index contributed by atoms with van der Waals surface area (Å²) in [4.78, 5) is 8.96. The van der Waals surface area contributed by atoms with Crippen molar-refractivity contribution in [3.05, 3.63) is 5.82 Å². The van der Waals surface area contributed by atoms with Gasteiger partial charge in [-0.25, -0.2) is 4.98 Å². The molecule has 1 aromatic heterocycles. The molecule has 0 unspecified atom stereocenters. The highest BCUT2D eigenvalue weighted by Crippen LogP contribution is 2.27. The Balaban J connectivity index is 2.82. The fourth-order valence-corrected chi connectivity index (χ4v) is 1.90. The third-order valence-electron chi connectivity index (χ3n) is 3.06. The van der Waals surface area contributed by atoms with E-state index in [9.17, 15) is 0 Å². The first kappa shape index (κ1) is 17.5. The van der Waals surface area contributed by atoms with Crippen LogP contribution in [0.1, 0.15) is 59.2 Å². The lowest BCUT2D eigenvalue weighted by molar-refractivity contribution is 0.262. The lowest BCUT2D eigenvalue weighted by Crippen LogP contribution is -2.13. The maximum absolute atomic E-state index is 6.14. The van der Waals surface area contributed by atoms with Gasteiger partial charge in [-0.2, -0.15) is 4.98 Å². The quantitative estimate of drug-likeness (QED) is 0.644. The predicted molar refractivity (Wildman–Crippen MR) is 88.8 cm³/mol. The van der Waals surface area contributed by atoms with Crippen LogP contribution in [-0.2, 0) is 6.42 Å². The molecule has 3 N–H and O–H groups in total. The largest absolute Gasteiger partial charge is 0.476 e. The van der Waals surface area contributed by atoms with Crippen molar-refractivity contribution in [2.45, 2.75) is 59.8 Å². The van der Waals surface area contributed by atoms with Crippen molar-refractivity contribution >= 4 is 11.5 Å². The fourth-order valence-electron chi connectivity index (χ4n) is 1.90. The fraction of sp³-hybridized carbons (Fsp3) is 0.750. The predicted octanol–water partition coefficient (Wildman–Crippen LogP) is 3.65. The first-order valence-corrected chi connectivity index (χ1v) is 8.11. The number of unbranched alkanes of at least 4 members (excludes halogenated alkanes) is 2. The summed E-state index contributed by atoms with van der Waals surface area (Å²) in [5, 5.41) is 3.32. The second-order valence-electron chi connectivity index (χ2n) is 5.80. The first-order valence-electron chi connectivity index (χ1n) is 8.11. The van der Waals surface area contributed by atoms with Gasteiger partial charge in [-0.15, -0.1) is 0 Å². The van der Waals surface area contributed by atoms with Crippen LogP contribution in [0.4, 0.5) is 11.5 Å². The second kappa shape index (κ2) is 9.42. The Morgan fingerprint density at radius 1 is 1.14 bits per heavy atom. The Morgan fingerprint density at radius 2 is 1.90 bits per heavy atom. The molecule has 0 radical (unpaired) electrons. The molecule has 0 aliphatic carbocycles. The number of aryl methyl sites for hydroxylation is 1. The highest BCUT2D eigenvalue weighted by Gasteiger charge is 2.13. The van der Waals surface area contributed by atoms with Crippen molar-refractivity contribution in [2.24, 2.45) is 5.92 Å². The van der Waals surface area contributed by atoms with Gasteiger partial charge >= 0.3 is 0 Å². The van der Waals surface area contributed by atoms with Crippen molar-refractivity contribution in [1.29, 1.82) is 0 Å². The minimum atomic E-state index is 0.440. The van der Waals surface area contributed by atoms with E-state index in [4.69, 9.17) is 10.5 Å². The number of hydrogen-bond acceptors (Lipinski definition) is 5. The van der Waals surface area contributed by atoms with E-state index in [-0.39, 0.29) is 0 Å². The lowest BCUT2D eigenvalue weighted by atomic mass is 10.2. The van der Waals surface area contributed by atoms with Gasteiger partial charge in [0.15, 0.2) is 5.82 Å². The molecule has 0 atom stereocenters. The Morgan fingerprint density at radius 3 is 2.52 bits per heavy atom. The van der Waals surface area contributed by atoms with E-state index < -0.39 is 0 Å². The monoisotopic (exact) mass is 294 g/mol. The van der Waals surface area contributed by atoms with Crippen LogP contribution in [0.2, 0.25) is 0 Å². The van der Waals surface area contributed by atoms with E-state index in [0.717, 1.165) is 31.6 Å². The molecular weight excluding hydrogens is 264 g/mol. The van der Waals surface area contributed by atoms with Gasteiger partial charge in [-0.05, 0) is 18.8 Å².